The summed E-state index contributed by atoms with van der Waals surface area (Å²) < 4.78 is 8.94. The Labute approximate surface area is 211 Å². The van der Waals surface area contributed by atoms with Gasteiger partial charge in [-0.05, 0) is 45.2 Å². The van der Waals surface area contributed by atoms with Gasteiger partial charge in [-0.25, -0.2) is 15.1 Å². The summed E-state index contributed by atoms with van der Waals surface area (Å²) >= 11 is 1.38. The van der Waals surface area contributed by atoms with Crippen molar-refractivity contribution in [3.8, 4) is 10.4 Å². The Bertz CT molecular complexity index is 1430. The summed E-state index contributed by atoms with van der Waals surface area (Å²) in [6.45, 7) is 6.46. The molecule has 0 unspecified atom stereocenters. The molecule has 1 saturated heterocycles. The van der Waals surface area contributed by atoms with Crippen molar-refractivity contribution in [2.24, 2.45) is 5.10 Å². The first-order valence-electron chi connectivity index (χ1n) is 11.9. The molecule has 0 saturated carbocycles. The molecule has 11 nitrogen and oxygen atoms in total. The Morgan fingerprint density at radius 3 is 2.53 bits per heavy atom. The molecule has 0 bridgehead atoms. The molecule has 0 spiro atoms. The van der Waals surface area contributed by atoms with Gasteiger partial charge in [0.05, 0.1) is 12.1 Å². The summed E-state index contributed by atoms with van der Waals surface area (Å²) in [5, 5.41) is 4.11. The fraction of sp³-hybridized carbons (Fsp3) is 0.417. The van der Waals surface area contributed by atoms with E-state index in [1.165, 1.54) is 15.9 Å². The topological polar surface area (TPSA) is 122 Å². The first kappa shape index (κ1) is 24.1. The lowest BCUT2D eigenvalue weighted by molar-refractivity contribution is 0.0186. The van der Waals surface area contributed by atoms with Gasteiger partial charge < -0.3 is 9.64 Å². The standard InChI is InChI=1S/C24H29N7O4S/c1-24(2,3)35-23(34)29-11-9-16(10-12-29)31-21(32)20-17(13-18(36-20)15-7-5-4-6-8-15)30(22(31)33)14-19-25-27-28-26-19/h4-8,13,16,27-28H,9-12,14H2,1-3H3,(H,25,26). The summed E-state index contributed by atoms with van der Waals surface area (Å²) in [5.74, 6) is 0.524. The highest BCUT2D eigenvalue weighted by atomic mass is 32.1. The van der Waals surface area contributed by atoms with Crippen LogP contribution in [0.1, 0.15) is 39.7 Å². The Morgan fingerprint density at radius 1 is 1.17 bits per heavy atom. The smallest absolute Gasteiger partial charge is 0.410 e. The Kier molecular flexibility index (Phi) is 6.31. The Morgan fingerprint density at radius 2 is 1.89 bits per heavy atom. The van der Waals surface area contributed by atoms with E-state index < -0.39 is 11.3 Å². The number of hydrogen-bond donors (Lipinski definition) is 3. The number of thiophene rings is 1. The minimum Gasteiger partial charge on any atom is -0.444 e. The second-order valence-electron chi connectivity index (χ2n) is 9.85. The molecule has 12 heteroatoms. The number of fused-ring (bicyclic) bond motifs is 1. The van der Waals surface area contributed by atoms with E-state index in [4.69, 9.17) is 4.74 Å². The van der Waals surface area contributed by atoms with E-state index >= 15 is 0 Å². The number of ether oxygens (including phenoxy) is 1. The molecule has 1 aromatic carbocycles. The quantitative estimate of drug-likeness (QED) is 0.492. The zero-order valence-corrected chi connectivity index (χ0v) is 21.2. The fourth-order valence-electron chi connectivity index (χ4n) is 4.47. The lowest BCUT2D eigenvalue weighted by atomic mass is 10.1. The van der Waals surface area contributed by atoms with Gasteiger partial charge in [-0.2, -0.15) is 0 Å². The Balaban J connectivity index is 1.52. The molecule has 2 aromatic heterocycles. The zero-order valence-electron chi connectivity index (χ0n) is 20.4. The van der Waals surface area contributed by atoms with Crippen LogP contribution < -0.4 is 27.7 Å². The first-order valence-corrected chi connectivity index (χ1v) is 12.7. The molecule has 4 heterocycles. The van der Waals surface area contributed by atoms with Crippen molar-refractivity contribution in [3.05, 3.63) is 57.2 Å². The van der Waals surface area contributed by atoms with E-state index in [1.807, 2.05) is 57.2 Å². The van der Waals surface area contributed by atoms with Gasteiger partial charge in [-0.1, -0.05) is 30.3 Å². The van der Waals surface area contributed by atoms with Crippen LogP contribution in [0.15, 0.2) is 51.1 Å². The van der Waals surface area contributed by atoms with Crippen LogP contribution in [0.25, 0.3) is 20.7 Å². The van der Waals surface area contributed by atoms with Crippen molar-refractivity contribution in [1.82, 2.24) is 30.5 Å². The molecule has 3 N–H and O–H groups in total. The van der Waals surface area contributed by atoms with Crippen molar-refractivity contribution in [2.45, 2.75) is 51.8 Å². The summed E-state index contributed by atoms with van der Waals surface area (Å²) in [6, 6.07) is 11.4. The van der Waals surface area contributed by atoms with E-state index in [1.54, 1.807) is 9.47 Å². The molecular formula is C24H29N7O4S. The number of piperidine rings is 1. The maximum atomic E-state index is 13.7. The molecule has 3 aromatic rings. The summed E-state index contributed by atoms with van der Waals surface area (Å²) in [4.78, 5) is 42.4. The number of benzene rings is 1. The maximum Gasteiger partial charge on any atom is 0.410 e. The number of aromatic nitrogens is 2. The van der Waals surface area contributed by atoms with Gasteiger partial charge in [0.25, 0.3) is 5.56 Å². The van der Waals surface area contributed by atoms with Crippen LogP contribution in [0.4, 0.5) is 4.79 Å². The molecule has 2 aliphatic heterocycles. The normalized spacial score (nSPS) is 16.5. The monoisotopic (exact) mass is 511 g/mol. The van der Waals surface area contributed by atoms with Gasteiger partial charge in [0.15, 0.2) is 5.84 Å². The van der Waals surface area contributed by atoms with Gasteiger partial charge in [-0.3, -0.25) is 19.4 Å². The van der Waals surface area contributed by atoms with Crippen LogP contribution in [0.2, 0.25) is 0 Å². The van der Waals surface area contributed by atoms with E-state index in [0.29, 0.717) is 42.0 Å². The molecule has 0 atom stereocenters. The minimum atomic E-state index is -0.583. The largest absolute Gasteiger partial charge is 0.444 e. The van der Waals surface area contributed by atoms with Crippen LogP contribution in [-0.2, 0) is 11.3 Å². The number of nitrogens with one attached hydrogen (secondary N) is 3. The molecule has 1 amide bonds. The number of amides is 1. The number of hydrazine groups is 2. The first-order chi connectivity index (χ1) is 17.2. The lowest BCUT2D eigenvalue weighted by Gasteiger charge is -2.34. The van der Waals surface area contributed by atoms with Crippen LogP contribution in [0.3, 0.4) is 0 Å². The van der Waals surface area contributed by atoms with Crippen LogP contribution in [0.5, 0.6) is 0 Å². The van der Waals surface area contributed by atoms with E-state index in [-0.39, 0.29) is 24.2 Å². The number of nitrogens with zero attached hydrogens (tertiary/aromatic N) is 4. The van der Waals surface area contributed by atoms with Gasteiger partial charge in [0.1, 0.15) is 10.3 Å². The highest BCUT2D eigenvalue weighted by molar-refractivity contribution is 7.22. The van der Waals surface area contributed by atoms with E-state index in [0.717, 1.165) is 10.4 Å². The number of carbonyl (C=O) groups is 1. The third kappa shape index (κ3) is 4.73. The molecule has 5 rings (SSSR count). The van der Waals surface area contributed by atoms with Crippen LogP contribution in [0, 0.1) is 0 Å². The fourth-order valence-corrected chi connectivity index (χ4v) is 5.57. The van der Waals surface area contributed by atoms with Crippen molar-refractivity contribution in [1.29, 1.82) is 0 Å². The molecular weight excluding hydrogens is 482 g/mol. The number of likely N-dealkylation sites (tertiary alicyclic amines) is 1. The average molecular weight is 512 g/mol. The third-order valence-corrected chi connectivity index (χ3v) is 7.32. The van der Waals surface area contributed by atoms with E-state index in [9.17, 15) is 14.4 Å². The number of rotatable bonds is 4. The van der Waals surface area contributed by atoms with E-state index in [2.05, 4.69) is 21.6 Å². The second-order valence-corrected chi connectivity index (χ2v) is 10.9. The van der Waals surface area contributed by atoms with Gasteiger partial charge >= 0.3 is 11.8 Å². The van der Waals surface area contributed by atoms with Gasteiger partial charge in [-0.15, -0.1) is 22.0 Å². The maximum absolute atomic E-state index is 13.7. The lowest BCUT2D eigenvalue weighted by Crippen LogP contribution is -2.48. The zero-order chi connectivity index (χ0) is 25.4. The highest BCUT2D eigenvalue weighted by Crippen LogP contribution is 2.32. The van der Waals surface area contributed by atoms with Crippen LogP contribution >= 0.6 is 11.3 Å². The minimum absolute atomic E-state index is 0.164. The van der Waals surface area contributed by atoms with Crippen molar-refractivity contribution in [3.63, 3.8) is 0 Å². The number of hydrazone groups is 1. The number of carbonyl (C=O) groups excluding carboxylic acids is 1. The van der Waals surface area contributed by atoms with Crippen LogP contribution in [-0.4, -0.2) is 44.7 Å². The summed E-state index contributed by atoms with van der Waals surface area (Å²) in [6.07, 6.45) is 0.593. The molecule has 2 aliphatic rings. The van der Waals surface area contributed by atoms with Crippen molar-refractivity contribution >= 4 is 33.5 Å². The average Bonchev–Trinajstić information content (AvgIpc) is 3.52. The van der Waals surface area contributed by atoms with Gasteiger partial charge in [0.2, 0.25) is 0 Å². The molecule has 0 aliphatic carbocycles. The molecule has 0 radical (unpaired) electrons. The van der Waals surface area contributed by atoms with Gasteiger partial charge in [0, 0.05) is 24.0 Å². The SMILES string of the molecule is CC(C)(C)OC(=O)N1CCC(n2c(=O)c3sc(-c4ccccc4)cc3n(CC3=NNNN3)c2=O)CC1. The molecule has 190 valence electrons. The second kappa shape index (κ2) is 9.43. The number of amidine groups is 1. The predicted octanol–water partition coefficient (Wildman–Crippen LogP) is 2.39. The highest BCUT2D eigenvalue weighted by Gasteiger charge is 2.30. The summed E-state index contributed by atoms with van der Waals surface area (Å²) in [5.41, 5.74) is 8.44. The van der Waals surface area contributed by atoms with Crippen molar-refractivity contribution in [2.75, 3.05) is 13.1 Å². The molecule has 36 heavy (non-hydrogen) atoms. The third-order valence-electron chi connectivity index (χ3n) is 6.15. The van der Waals surface area contributed by atoms with Crippen molar-refractivity contribution < 1.29 is 9.53 Å². The Hall–Kier alpha value is -3.64. The summed E-state index contributed by atoms with van der Waals surface area (Å²) in [7, 11) is 0. The predicted molar refractivity (Wildman–Crippen MR) is 139 cm³/mol. The number of hydrogen-bond acceptors (Lipinski definition) is 9. The molecule has 1 fully saturated rings.